The molecule has 0 saturated heterocycles. The lowest BCUT2D eigenvalue weighted by atomic mass is 9.68. The summed E-state index contributed by atoms with van der Waals surface area (Å²) in [6, 6.07) is 0. The van der Waals surface area contributed by atoms with E-state index in [0.29, 0.717) is 0 Å². The van der Waals surface area contributed by atoms with Crippen LogP contribution in [-0.4, -0.2) is 0 Å². The van der Waals surface area contributed by atoms with Gasteiger partial charge in [0.2, 0.25) is 0 Å². The minimum absolute atomic E-state index is 1.43. The van der Waals surface area contributed by atoms with Gasteiger partial charge in [0.25, 0.3) is 0 Å². The Kier molecular flexibility index (Phi) is 3.62. The van der Waals surface area contributed by atoms with Crippen LogP contribution in [0.5, 0.6) is 0 Å². The van der Waals surface area contributed by atoms with E-state index < -0.39 is 0 Å². The van der Waals surface area contributed by atoms with Gasteiger partial charge in [0, 0.05) is 0 Å². The van der Waals surface area contributed by atoms with E-state index in [1.54, 1.807) is 0 Å². The van der Waals surface area contributed by atoms with Crippen molar-refractivity contribution < 1.29 is 0 Å². The zero-order chi connectivity index (χ0) is 12.6. The van der Waals surface area contributed by atoms with Crippen LogP contribution in [0.3, 0.4) is 0 Å². The molecule has 1 fully saturated rings. The molecule has 0 heteroatoms. The second kappa shape index (κ2) is 4.45. The van der Waals surface area contributed by atoms with Crippen molar-refractivity contribution in [2.24, 2.45) is 0 Å². The van der Waals surface area contributed by atoms with Gasteiger partial charge in [-0.05, 0) is 77.7 Å². The Morgan fingerprint density at radius 2 is 0.500 bits per heavy atom. The SMILES string of the molecule is CC(C)=C1C(=C(C)C)C(=C(C)C)C1=C(C)C. The molecule has 0 unspecified atom stereocenters. The van der Waals surface area contributed by atoms with E-state index in [0.717, 1.165) is 0 Å². The third-order valence-electron chi connectivity index (χ3n) is 3.00. The van der Waals surface area contributed by atoms with E-state index >= 15 is 0 Å². The largest absolute Gasteiger partial charge is 0.0679 e. The second-order valence-electron chi connectivity index (χ2n) is 5.50. The Bertz CT molecular complexity index is 328. The first-order valence-electron chi connectivity index (χ1n) is 6.00. The molecule has 1 aliphatic rings. The molecule has 0 aliphatic heterocycles. The van der Waals surface area contributed by atoms with Crippen LogP contribution in [0.2, 0.25) is 0 Å². The van der Waals surface area contributed by atoms with Crippen LogP contribution in [0.15, 0.2) is 44.6 Å². The van der Waals surface area contributed by atoms with Gasteiger partial charge >= 0.3 is 0 Å². The molecule has 16 heavy (non-hydrogen) atoms. The molecule has 0 bridgehead atoms. The lowest BCUT2D eigenvalue weighted by molar-refractivity contribution is 1.05. The zero-order valence-corrected chi connectivity index (χ0v) is 12.0. The molecular formula is C16H24. The lowest BCUT2D eigenvalue weighted by Crippen LogP contribution is -2.18. The van der Waals surface area contributed by atoms with Gasteiger partial charge in [0.05, 0.1) is 0 Å². The van der Waals surface area contributed by atoms with Gasteiger partial charge in [-0.3, -0.25) is 0 Å². The van der Waals surface area contributed by atoms with Crippen molar-refractivity contribution in [1.29, 1.82) is 0 Å². The molecule has 88 valence electrons. The zero-order valence-electron chi connectivity index (χ0n) is 12.0. The molecule has 0 amide bonds. The fourth-order valence-corrected chi connectivity index (χ4v) is 2.44. The summed E-state index contributed by atoms with van der Waals surface area (Å²) in [6.45, 7) is 17.7. The van der Waals surface area contributed by atoms with Crippen molar-refractivity contribution in [1.82, 2.24) is 0 Å². The summed E-state index contributed by atoms with van der Waals surface area (Å²) < 4.78 is 0. The Balaban J connectivity index is 3.60. The van der Waals surface area contributed by atoms with Gasteiger partial charge in [0.15, 0.2) is 0 Å². The highest BCUT2D eigenvalue weighted by Gasteiger charge is 2.32. The molecular weight excluding hydrogens is 192 g/mol. The van der Waals surface area contributed by atoms with Crippen LogP contribution in [0.25, 0.3) is 0 Å². The van der Waals surface area contributed by atoms with E-state index in [2.05, 4.69) is 55.4 Å². The molecule has 0 aromatic heterocycles. The van der Waals surface area contributed by atoms with Gasteiger partial charge in [-0.2, -0.15) is 0 Å². The summed E-state index contributed by atoms with van der Waals surface area (Å²) in [5.41, 5.74) is 11.6. The average Bonchev–Trinajstić information content (AvgIpc) is 1.97. The Labute approximate surface area is 100 Å². The Morgan fingerprint density at radius 3 is 0.562 bits per heavy atom. The summed E-state index contributed by atoms with van der Waals surface area (Å²) in [5.74, 6) is 0. The van der Waals surface area contributed by atoms with Crippen LogP contribution in [-0.2, 0) is 0 Å². The maximum atomic E-state index is 2.21. The van der Waals surface area contributed by atoms with Crippen LogP contribution in [0, 0.1) is 0 Å². The smallest absolute Gasteiger partial charge is 0.0114 e. The molecule has 0 radical (unpaired) electrons. The molecule has 0 aromatic carbocycles. The fourth-order valence-electron chi connectivity index (χ4n) is 2.44. The highest BCUT2D eigenvalue weighted by Crippen LogP contribution is 2.50. The maximum Gasteiger partial charge on any atom is -0.0114 e. The molecule has 0 spiro atoms. The van der Waals surface area contributed by atoms with Crippen molar-refractivity contribution in [2.45, 2.75) is 55.4 Å². The molecule has 0 aromatic rings. The van der Waals surface area contributed by atoms with Gasteiger partial charge in [-0.25, -0.2) is 0 Å². The van der Waals surface area contributed by atoms with E-state index in [-0.39, 0.29) is 0 Å². The van der Waals surface area contributed by atoms with Crippen molar-refractivity contribution in [3.63, 3.8) is 0 Å². The average molecular weight is 216 g/mol. The minimum Gasteiger partial charge on any atom is -0.0679 e. The summed E-state index contributed by atoms with van der Waals surface area (Å²) in [4.78, 5) is 0. The van der Waals surface area contributed by atoms with E-state index in [4.69, 9.17) is 0 Å². The van der Waals surface area contributed by atoms with Gasteiger partial charge < -0.3 is 0 Å². The summed E-state index contributed by atoms with van der Waals surface area (Å²) in [7, 11) is 0. The molecule has 0 nitrogen and oxygen atoms in total. The lowest BCUT2D eigenvalue weighted by Gasteiger charge is -2.36. The fraction of sp³-hybridized carbons (Fsp3) is 0.500. The quantitative estimate of drug-likeness (QED) is 0.512. The van der Waals surface area contributed by atoms with Crippen LogP contribution in [0.1, 0.15) is 55.4 Å². The molecule has 0 atom stereocenters. The van der Waals surface area contributed by atoms with E-state index in [9.17, 15) is 0 Å². The van der Waals surface area contributed by atoms with Crippen molar-refractivity contribution in [3.05, 3.63) is 44.6 Å². The molecule has 0 heterocycles. The van der Waals surface area contributed by atoms with Gasteiger partial charge in [0.1, 0.15) is 0 Å². The summed E-state index contributed by atoms with van der Waals surface area (Å²) >= 11 is 0. The number of allylic oxidation sites excluding steroid dienone is 8. The third-order valence-corrected chi connectivity index (χ3v) is 3.00. The van der Waals surface area contributed by atoms with Crippen molar-refractivity contribution >= 4 is 0 Å². The first-order valence-corrected chi connectivity index (χ1v) is 6.00. The van der Waals surface area contributed by atoms with Gasteiger partial charge in [-0.15, -0.1) is 0 Å². The first kappa shape index (κ1) is 13.0. The predicted octanol–water partition coefficient (Wildman–Crippen LogP) is 5.35. The van der Waals surface area contributed by atoms with Crippen LogP contribution in [0.4, 0.5) is 0 Å². The molecule has 1 aliphatic carbocycles. The van der Waals surface area contributed by atoms with E-state index in [1.807, 2.05) is 0 Å². The topological polar surface area (TPSA) is 0 Å². The standard InChI is InChI=1S/C16H24/c1-9(2)13-14(10(3)4)16(12(7)8)15(13)11(5)6/h1-8H3. The molecule has 0 N–H and O–H groups in total. The highest BCUT2D eigenvalue weighted by molar-refractivity contribution is 5.81. The summed E-state index contributed by atoms with van der Waals surface area (Å²) in [6.07, 6.45) is 0. The van der Waals surface area contributed by atoms with Crippen LogP contribution < -0.4 is 0 Å². The predicted molar refractivity (Wildman–Crippen MR) is 73.5 cm³/mol. The second-order valence-corrected chi connectivity index (χ2v) is 5.50. The Morgan fingerprint density at radius 1 is 0.375 bits per heavy atom. The number of rotatable bonds is 0. The van der Waals surface area contributed by atoms with E-state index in [1.165, 1.54) is 44.6 Å². The van der Waals surface area contributed by atoms with Gasteiger partial charge in [-0.1, -0.05) is 22.3 Å². The first-order chi connectivity index (χ1) is 7.29. The number of hydrogen-bond donors (Lipinski definition) is 0. The maximum absolute atomic E-state index is 2.21. The number of hydrogen-bond acceptors (Lipinski definition) is 0. The van der Waals surface area contributed by atoms with Crippen molar-refractivity contribution in [3.8, 4) is 0 Å². The van der Waals surface area contributed by atoms with Crippen LogP contribution >= 0.6 is 0 Å². The normalized spacial score (nSPS) is 15.0. The van der Waals surface area contributed by atoms with Crippen molar-refractivity contribution in [2.75, 3.05) is 0 Å². The third kappa shape index (κ3) is 1.93. The molecule has 1 saturated carbocycles. The Hall–Kier alpha value is -1.04. The monoisotopic (exact) mass is 216 g/mol. The minimum atomic E-state index is 1.43. The molecule has 1 rings (SSSR count). The highest BCUT2D eigenvalue weighted by atomic mass is 14.4. The summed E-state index contributed by atoms with van der Waals surface area (Å²) in [5, 5.41) is 0.